The number of hydrogen-bond donors (Lipinski definition) is 1. The highest BCUT2D eigenvalue weighted by Crippen LogP contribution is 2.35. The molecule has 1 aliphatic rings. The van der Waals surface area contributed by atoms with Gasteiger partial charge in [0.2, 0.25) is 28.5 Å². The summed E-state index contributed by atoms with van der Waals surface area (Å²) in [4.78, 5) is 12.5. The van der Waals surface area contributed by atoms with E-state index >= 15 is 0 Å². The van der Waals surface area contributed by atoms with Gasteiger partial charge in [0.05, 0.1) is 10.8 Å². The molecule has 0 aliphatic carbocycles. The number of ether oxygens (including phenoxy) is 1. The Morgan fingerprint density at radius 1 is 1.24 bits per heavy atom. The minimum Gasteiger partial charge on any atom is -0.460 e. The molecule has 3 rings (SSSR count). The average Bonchev–Trinajstić information content (AvgIpc) is 2.84. The molecular weight excluding hydrogens is 369 g/mol. The van der Waals surface area contributed by atoms with Crippen LogP contribution < -0.4 is 5.73 Å². The van der Waals surface area contributed by atoms with Crippen LogP contribution in [0.1, 0.15) is 17.2 Å². The molecule has 0 aromatic heterocycles. The second kappa shape index (κ2) is 7.25. The zero-order valence-electron chi connectivity index (χ0n) is 12.8. The lowest BCUT2D eigenvalue weighted by atomic mass is 10.1. The summed E-state index contributed by atoms with van der Waals surface area (Å²) in [6.45, 7) is 0. The number of hydrogen-bond acceptors (Lipinski definition) is 5. The molecule has 0 saturated carbocycles. The van der Waals surface area contributed by atoms with Crippen LogP contribution in [0.25, 0.3) is 0 Å². The van der Waals surface area contributed by atoms with Crippen LogP contribution in [-0.4, -0.2) is 9.99 Å². The predicted octanol–water partition coefficient (Wildman–Crippen LogP) is 3.13. The maximum atomic E-state index is 13.2. The van der Waals surface area contributed by atoms with Gasteiger partial charge in [-0.25, -0.2) is 8.60 Å². The molecule has 2 aromatic rings. The van der Waals surface area contributed by atoms with Crippen molar-refractivity contribution in [2.75, 3.05) is 0 Å². The van der Waals surface area contributed by atoms with Crippen LogP contribution >= 0.6 is 11.6 Å². The lowest BCUT2D eigenvalue weighted by Gasteiger charge is -2.11. The van der Waals surface area contributed by atoms with Gasteiger partial charge in [0.15, 0.2) is 6.10 Å². The molecule has 0 bridgehead atoms. The van der Waals surface area contributed by atoms with Gasteiger partial charge in [-0.05, 0) is 17.7 Å². The monoisotopic (exact) mass is 381 g/mol. The Morgan fingerprint density at radius 3 is 2.64 bits per heavy atom. The minimum atomic E-state index is -1.81. The first kappa shape index (κ1) is 17.4. The highest BCUT2D eigenvalue weighted by molar-refractivity contribution is 7.79. The number of halogens is 2. The maximum Gasteiger partial charge on any atom is 0.249 e. The van der Waals surface area contributed by atoms with Gasteiger partial charge in [0.1, 0.15) is 5.82 Å². The molecule has 0 saturated heterocycles. The molecule has 130 valence electrons. The van der Waals surface area contributed by atoms with Crippen molar-refractivity contribution in [2.45, 2.75) is 11.9 Å². The van der Waals surface area contributed by atoms with Gasteiger partial charge >= 0.3 is 0 Å². The van der Waals surface area contributed by atoms with Crippen molar-refractivity contribution in [1.29, 1.82) is 0 Å². The summed E-state index contributed by atoms with van der Waals surface area (Å²) in [5.41, 5.74) is 6.71. The van der Waals surface area contributed by atoms with Crippen LogP contribution in [0, 0.1) is 5.82 Å². The lowest BCUT2D eigenvalue weighted by molar-refractivity contribution is -0.123. The molecule has 0 radical (unpaired) electrons. The summed E-state index contributed by atoms with van der Waals surface area (Å²) in [5, 5.41) is 0.0257. The molecular formula is C17H13ClFNO4S. The van der Waals surface area contributed by atoms with Crippen LogP contribution in [0.4, 0.5) is 4.39 Å². The third kappa shape index (κ3) is 3.83. The van der Waals surface area contributed by atoms with Gasteiger partial charge in [-0.2, -0.15) is 0 Å². The second-order valence-corrected chi connectivity index (χ2v) is 6.71. The first-order valence-electron chi connectivity index (χ1n) is 7.22. The van der Waals surface area contributed by atoms with Gasteiger partial charge in [0, 0.05) is 5.56 Å². The van der Waals surface area contributed by atoms with E-state index in [-0.39, 0.29) is 28.0 Å². The maximum absolute atomic E-state index is 13.2. The fraction of sp³-hybridized carbons (Fsp3) is 0.118. The lowest BCUT2D eigenvalue weighted by Crippen LogP contribution is -2.13. The van der Waals surface area contributed by atoms with E-state index in [0.29, 0.717) is 0 Å². The molecule has 2 aromatic carbocycles. The van der Waals surface area contributed by atoms with E-state index in [1.165, 1.54) is 6.07 Å². The fourth-order valence-corrected chi connectivity index (χ4v) is 3.45. The number of Topliss-reactive ketones (excluding diaryl/α,β-unsaturated/α-hetero) is 1. The standard InChI is InChI=1S/C17H13ClFNO4S/c18-13-8-11(19)6-7-12(13)15-14(21)16(17(20)23-15)24-25(22)9-10-4-2-1-3-5-10/h1-8,15H,9,20H2. The van der Waals surface area contributed by atoms with Crippen LogP contribution in [0.5, 0.6) is 0 Å². The molecule has 2 atom stereocenters. The Balaban J connectivity index is 1.73. The smallest absolute Gasteiger partial charge is 0.249 e. The van der Waals surface area contributed by atoms with Crippen molar-refractivity contribution in [3.8, 4) is 0 Å². The van der Waals surface area contributed by atoms with Gasteiger partial charge < -0.3 is 14.7 Å². The Morgan fingerprint density at radius 2 is 1.96 bits per heavy atom. The summed E-state index contributed by atoms with van der Waals surface area (Å²) in [5.74, 6) is -1.67. The topological polar surface area (TPSA) is 78.6 Å². The summed E-state index contributed by atoms with van der Waals surface area (Å²) in [6.07, 6.45) is -1.16. The van der Waals surface area contributed by atoms with E-state index in [9.17, 15) is 13.4 Å². The molecule has 1 heterocycles. The number of carbonyl (C=O) groups excluding carboxylic acids is 1. The Labute approximate surface area is 150 Å². The molecule has 5 nitrogen and oxygen atoms in total. The van der Waals surface area contributed by atoms with E-state index in [1.807, 2.05) is 6.07 Å². The third-order valence-corrected chi connectivity index (χ3v) is 4.73. The molecule has 0 fully saturated rings. The average molecular weight is 382 g/mol. The molecule has 8 heteroatoms. The number of carbonyl (C=O) groups is 1. The highest BCUT2D eigenvalue weighted by atomic mass is 35.5. The Kier molecular flexibility index (Phi) is 5.06. The van der Waals surface area contributed by atoms with E-state index < -0.39 is 28.8 Å². The van der Waals surface area contributed by atoms with E-state index in [0.717, 1.165) is 17.7 Å². The summed E-state index contributed by atoms with van der Waals surface area (Å²) in [6, 6.07) is 12.6. The molecule has 25 heavy (non-hydrogen) atoms. The van der Waals surface area contributed by atoms with Crippen LogP contribution in [0.2, 0.25) is 5.02 Å². The predicted molar refractivity (Wildman–Crippen MR) is 90.8 cm³/mol. The molecule has 0 amide bonds. The molecule has 1 aliphatic heterocycles. The van der Waals surface area contributed by atoms with Crippen molar-refractivity contribution < 1.29 is 22.3 Å². The molecule has 2 N–H and O–H groups in total. The number of rotatable bonds is 5. The van der Waals surface area contributed by atoms with Gasteiger partial charge in [-0.3, -0.25) is 4.79 Å². The number of nitrogens with two attached hydrogens (primary N) is 1. The van der Waals surface area contributed by atoms with Crippen molar-refractivity contribution >= 4 is 28.5 Å². The zero-order valence-corrected chi connectivity index (χ0v) is 14.4. The summed E-state index contributed by atoms with van der Waals surface area (Å²) in [7, 11) is 0. The SMILES string of the molecule is NC1=C(OS(=O)Cc2ccccc2)C(=O)C(c2ccc(F)cc2Cl)O1. The van der Waals surface area contributed by atoms with Gasteiger partial charge in [-0.15, -0.1) is 0 Å². The molecule has 2 unspecified atom stereocenters. The van der Waals surface area contributed by atoms with Crippen molar-refractivity contribution in [1.82, 2.24) is 0 Å². The summed E-state index contributed by atoms with van der Waals surface area (Å²) < 4.78 is 35.8. The van der Waals surface area contributed by atoms with Crippen molar-refractivity contribution in [3.63, 3.8) is 0 Å². The van der Waals surface area contributed by atoms with Crippen LogP contribution in [-0.2, 0) is 30.5 Å². The van der Waals surface area contributed by atoms with E-state index in [1.54, 1.807) is 24.3 Å². The van der Waals surface area contributed by atoms with E-state index in [4.69, 9.17) is 26.3 Å². The first-order chi connectivity index (χ1) is 12.0. The van der Waals surface area contributed by atoms with Gasteiger partial charge in [-0.1, -0.05) is 48.0 Å². The van der Waals surface area contributed by atoms with Crippen molar-refractivity contribution in [3.05, 3.63) is 82.1 Å². The zero-order chi connectivity index (χ0) is 18.0. The number of ketones is 1. The van der Waals surface area contributed by atoms with Crippen molar-refractivity contribution in [2.24, 2.45) is 5.73 Å². The third-order valence-electron chi connectivity index (χ3n) is 3.48. The quantitative estimate of drug-likeness (QED) is 0.860. The fourth-order valence-electron chi connectivity index (χ4n) is 2.31. The minimum absolute atomic E-state index is 0.0257. The van der Waals surface area contributed by atoms with Crippen LogP contribution in [0.3, 0.4) is 0 Å². The normalized spacial score (nSPS) is 18.2. The molecule has 0 spiro atoms. The van der Waals surface area contributed by atoms with Gasteiger partial charge in [0.25, 0.3) is 0 Å². The number of benzene rings is 2. The first-order valence-corrected chi connectivity index (χ1v) is 8.84. The van der Waals surface area contributed by atoms with Crippen LogP contribution in [0.15, 0.2) is 60.2 Å². The summed E-state index contributed by atoms with van der Waals surface area (Å²) >= 11 is 4.14. The second-order valence-electron chi connectivity index (χ2n) is 5.24. The van der Waals surface area contributed by atoms with E-state index in [2.05, 4.69) is 0 Å². The Bertz CT molecular complexity index is 872. The highest BCUT2D eigenvalue weighted by Gasteiger charge is 2.39. The largest absolute Gasteiger partial charge is 0.460 e. The Hall–Kier alpha value is -2.38.